The predicted octanol–water partition coefficient (Wildman–Crippen LogP) is 2.61. The molecule has 1 aromatic carbocycles. The molecule has 0 saturated carbocycles. The second-order valence-corrected chi connectivity index (χ2v) is 3.78. The van der Waals surface area contributed by atoms with Gasteiger partial charge in [0.15, 0.2) is 5.75 Å². The number of benzene rings is 1. The summed E-state index contributed by atoms with van der Waals surface area (Å²) in [5.41, 5.74) is 6.34. The third-order valence-electron chi connectivity index (χ3n) is 2.38. The maximum atomic E-state index is 13.0. The molecule has 0 atom stereocenters. The van der Waals surface area contributed by atoms with E-state index in [0.29, 0.717) is 17.1 Å². The second-order valence-electron chi connectivity index (χ2n) is 3.78. The molecule has 0 bridgehead atoms. The van der Waals surface area contributed by atoms with E-state index in [1.54, 1.807) is 19.1 Å². The zero-order chi connectivity index (χ0) is 13.1. The third-order valence-corrected chi connectivity index (χ3v) is 2.38. The van der Waals surface area contributed by atoms with Gasteiger partial charge in [-0.25, -0.2) is 9.37 Å². The number of pyridine rings is 1. The SMILES string of the molecule is Cc1cc(F)ccc1Oc1cccnc1C(=N)N. The average Bonchev–Trinajstić information content (AvgIpc) is 2.33. The number of aromatic nitrogens is 1. The molecular formula is C13H12FN3O. The Morgan fingerprint density at radius 2 is 2.11 bits per heavy atom. The predicted molar refractivity (Wildman–Crippen MR) is 66.5 cm³/mol. The number of hydrogen-bond acceptors (Lipinski definition) is 3. The molecule has 0 radical (unpaired) electrons. The summed E-state index contributed by atoms with van der Waals surface area (Å²) < 4.78 is 18.6. The van der Waals surface area contributed by atoms with E-state index in [4.69, 9.17) is 15.9 Å². The highest BCUT2D eigenvalue weighted by molar-refractivity contribution is 5.95. The van der Waals surface area contributed by atoms with Crippen LogP contribution in [0.2, 0.25) is 0 Å². The Balaban J connectivity index is 2.37. The van der Waals surface area contributed by atoms with Crippen LogP contribution in [-0.2, 0) is 0 Å². The zero-order valence-corrected chi connectivity index (χ0v) is 9.77. The van der Waals surface area contributed by atoms with Gasteiger partial charge in [-0.1, -0.05) is 0 Å². The quantitative estimate of drug-likeness (QED) is 0.645. The first-order valence-corrected chi connectivity index (χ1v) is 5.31. The van der Waals surface area contributed by atoms with Gasteiger partial charge in [-0.2, -0.15) is 0 Å². The van der Waals surface area contributed by atoms with E-state index in [0.717, 1.165) is 0 Å². The normalized spacial score (nSPS) is 10.1. The molecule has 3 N–H and O–H groups in total. The number of hydrogen-bond donors (Lipinski definition) is 2. The number of amidine groups is 1. The Kier molecular flexibility index (Phi) is 3.23. The van der Waals surface area contributed by atoms with Crippen LogP contribution in [-0.4, -0.2) is 10.8 Å². The Hall–Kier alpha value is -2.43. The van der Waals surface area contributed by atoms with E-state index < -0.39 is 0 Å². The van der Waals surface area contributed by atoms with Gasteiger partial charge in [0.25, 0.3) is 0 Å². The number of nitrogens with one attached hydrogen (secondary N) is 1. The number of nitrogens with zero attached hydrogens (tertiary/aromatic N) is 1. The van der Waals surface area contributed by atoms with Gasteiger partial charge in [-0.3, -0.25) is 5.41 Å². The first-order valence-electron chi connectivity index (χ1n) is 5.31. The molecule has 5 heteroatoms. The van der Waals surface area contributed by atoms with E-state index in [2.05, 4.69) is 4.98 Å². The summed E-state index contributed by atoms with van der Waals surface area (Å²) >= 11 is 0. The molecule has 4 nitrogen and oxygen atoms in total. The van der Waals surface area contributed by atoms with Gasteiger partial charge in [0.2, 0.25) is 0 Å². The minimum absolute atomic E-state index is 0.176. The lowest BCUT2D eigenvalue weighted by Gasteiger charge is -2.11. The Morgan fingerprint density at radius 1 is 1.33 bits per heavy atom. The molecule has 92 valence electrons. The highest BCUT2D eigenvalue weighted by Crippen LogP contribution is 2.26. The molecule has 1 aromatic heterocycles. The highest BCUT2D eigenvalue weighted by atomic mass is 19.1. The molecule has 0 aliphatic heterocycles. The molecule has 0 fully saturated rings. The highest BCUT2D eigenvalue weighted by Gasteiger charge is 2.10. The molecule has 0 unspecified atom stereocenters. The fourth-order valence-electron chi connectivity index (χ4n) is 1.52. The minimum atomic E-state index is -0.321. The van der Waals surface area contributed by atoms with Crippen LogP contribution in [0.3, 0.4) is 0 Å². The summed E-state index contributed by atoms with van der Waals surface area (Å²) in [4.78, 5) is 3.97. The van der Waals surface area contributed by atoms with E-state index in [-0.39, 0.29) is 17.3 Å². The summed E-state index contributed by atoms with van der Waals surface area (Å²) in [6.45, 7) is 1.74. The number of aryl methyl sites for hydroxylation is 1. The fourth-order valence-corrected chi connectivity index (χ4v) is 1.52. The van der Waals surface area contributed by atoms with Gasteiger partial charge in [0, 0.05) is 6.20 Å². The lowest BCUT2D eigenvalue weighted by atomic mass is 10.2. The maximum Gasteiger partial charge on any atom is 0.156 e. The van der Waals surface area contributed by atoms with Crippen LogP contribution in [0.15, 0.2) is 36.5 Å². The molecule has 0 aliphatic carbocycles. The monoisotopic (exact) mass is 245 g/mol. The molecular weight excluding hydrogens is 233 g/mol. The molecule has 1 heterocycles. The van der Waals surface area contributed by atoms with Crippen molar-refractivity contribution in [3.8, 4) is 11.5 Å². The van der Waals surface area contributed by atoms with Crippen LogP contribution in [0, 0.1) is 18.2 Å². The maximum absolute atomic E-state index is 13.0. The van der Waals surface area contributed by atoms with Crippen molar-refractivity contribution in [1.82, 2.24) is 4.98 Å². The van der Waals surface area contributed by atoms with Crippen LogP contribution in [0.5, 0.6) is 11.5 Å². The van der Waals surface area contributed by atoms with E-state index >= 15 is 0 Å². The third kappa shape index (κ3) is 2.45. The van der Waals surface area contributed by atoms with Crippen molar-refractivity contribution in [2.24, 2.45) is 5.73 Å². The van der Waals surface area contributed by atoms with Crippen molar-refractivity contribution in [3.63, 3.8) is 0 Å². The summed E-state index contributed by atoms with van der Waals surface area (Å²) in [6, 6.07) is 7.56. The van der Waals surface area contributed by atoms with Gasteiger partial charge >= 0.3 is 0 Å². The average molecular weight is 245 g/mol. The van der Waals surface area contributed by atoms with Crippen LogP contribution in [0.4, 0.5) is 4.39 Å². The molecule has 0 spiro atoms. The van der Waals surface area contributed by atoms with Crippen molar-refractivity contribution >= 4 is 5.84 Å². The summed E-state index contributed by atoms with van der Waals surface area (Å²) in [7, 11) is 0. The molecule has 2 aromatic rings. The number of nitrogens with two attached hydrogens (primary N) is 1. The standard InChI is InChI=1S/C13H12FN3O/c1-8-7-9(14)4-5-10(8)18-11-3-2-6-17-12(11)13(15)16/h2-7H,1H3,(H3,15,16). The summed E-state index contributed by atoms with van der Waals surface area (Å²) in [6.07, 6.45) is 1.53. The van der Waals surface area contributed by atoms with Crippen LogP contribution in [0.1, 0.15) is 11.3 Å². The van der Waals surface area contributed by atoms with E-state index in [1.807, 2.05) is 0 Å². The molecule has 0 saturated heterocycles. The van der Waals surface area contributed by atoms with Crippen molar-refractivity contribution < 1.29 is 9.13 Å². The topological polar surface area (TPSA) is 72.0 Å². The van der Waals surface area contributed by atoms with Gasteiger partial charge in [0.1, 0.15) is 23.1 Å². The van der Waals surface area contributed by atoms with Gasteiger partial charge in [-0.15, -0.1) is 0 Å². The van der Waals surface area contributed by atoms with E-state index in [9.17, 15) is 4.39 Å². The van der Waals surface area contributed by atoms with Crippen molar-refractivity contribution in [2.75, 3.05) is 0 Å². The van der Waals surface area contributed by atoms with Crippen LogP contribution in [0.25, 0.3) is 0 Å². The van der Waals surface area contributed by atoms with Gasteiger partial charge < -0.3 is 10.5 Å². The Morgan fingerprint density at radius 3 is 2.78 bits per heavy atom. The van der Waals surface area contributed by atoms with Crippen LogP contribution < -0.4 is 10.5 Å². The fraction of sp³-hybridized carbons (Fsp3) is 0.0769. The number of halogens is 1. The van der Waals surface area contributed by atoms with Crippen molar-refractivity contribution in [1.29, 1.82) is 5.41 Å². The molecule has 2 rings (SSSR count). The molecule has 0 amide bonds. The first-order chi connectivity index (χ1) is 8.58. The summed E-state index contributed by atoms with van der Waals surface area (Å²) in [5, 5.41) is 7.41. The smallest absolute Gasteiger partial charge is 0.156 e. The zero-order valence-electron chi connectivity index (χ0n) is 9.77. The largest absolute Gasteiger partial charge is 0.455 e. The van der Waals surface area contributed by atoms with Gasteiger partial charge in [-0.05, 0) is 42.8 Å². The van der Waals surface area contributed by atoms with Crippen molar-refractivity contribution in [3.05, 3.63) is 53.6 Å². The first kappa shape index (κ1) is 12.0. The number of rotatable bonds is 3. The van der Waals surface area contributed by atoms with E-state index in [1.165, 1.54) is 24.4 Å². The van der Waals surface area contributed by atoms with Crippen LogP contribution >= 0.6 is 0 Å². The second kappa shape index (κ2) is 4.83. The van der Waals surface area contributed by atoms with Crippen molar-refractivity contribution in [2.45, 2.75) is 6.92 Å². The van der Waals surface area contributed by atoms with Gasteiger partial charge in [0.05, 0.1) is 0 Å². The molecule has 18 heavy (non-hydrogen) atoms. The minimum Gasteiger partial charge on any atom is -0.455 e. The number of ether oxygens (including phenoxy) is 1. The molecule has 0 aliphatic rings. The lowest BCUT2D eigenvalue weighted by molar-refractivity contribution is 0.473. The Bertz CT molecular complexity index is 599. The number of nitrogen functional groups attached to an aromatic ring is 1. The summed E-state index contributed by atoms with van der Waals surface area (Å²) in [5.74, 6) is 0.384. The Labute approximate surface area is 104 Å². The lowest BCUT2D eigenvalue weighted by Crippen LogP contribution is -2.14.